The molecule has 1 fully saturated rings. The summed E-state index contributed by atoms with van der Waals surface area (Å²) < 4.78 is 34.5. The molecule has 1 amide bonds. The van der Waals surface area contributed by atoms with Gasteiger partial charge < -0.3 is 9.64 Å². The first-order valence-corrected chi connectivity index (χ1v) is 11.2. The molecule has 0 atom stereocenters. The van der Waals surface area contributed by atoms with Gasteiger partial charge in [-0.05, 0) is 23.8 Å². The van der Waals surface area contributed by atoms with Gasteiger partial charge in [0.15, 0.2) is 0 Å². The number of amides is 1. The molecule has 6 nitrogen and oxygen atoms in total. The highest BCUT2D eigenvalue weighted by atomic mass is 32.2. The molecule has 1 saturated heterocycles. The van der Waals surface area contributed by atoms with E-state index in [1.165, 1.54) is 0 Å². The topological polar surface area (TPSA) is 75.7 Å². The first-order chi connectivity index (χ1) is 14.6. The number of carbonyl (C=O) groups excluding carboxylic acids is 1. The zero-order chi connectivity index (χ0) is 21.0. The minimum Gasteiger partial charge on any atom is -0.378 e. The number of hydrogen-bond donors (Lipinski definition) is 1. The Kier molecular flexibility index (Phi) is 5.83. The molecule has 154 valence electrons. The number of hydrogen-bond acceptors (Lipinski definition) is 4. The molecule has 0 aliphatic carbocycles. The summed E-state index contributed by atoms with van der Waals surface area (Å²) in [5.41, 5.74) is 1.98. The third-order valence-corrected chi connectivity index (χ3v) is 6.39. The number of nitrogens with one attached hydrogen (secondary N) is 1. The molecule has 1 aliphatic rings. The van der Waals surface area contributed by atoms with E-state index in [0.29, 0.717) is 37.4 Å². The van der Waals surface area contributed by atoms with Crippen LogP contribution >= 0.6 is 0 Å². The van der Waals surface area contributed by atoms with Crippen LogP contribution in [0.2, 0.25) is 0 Å². The summed E-state index contributed by atoms with van der Waals surface area (Å²) in [5, 5.41) is 0. The van der Waals surface area contributed by atoms with E-state index in [1.54, 1.807) is 53.4 Å². The summed E-state index contributed by atoms with van der Waals surface area (Å²) >= 11 is 0. The maximum atomic E-state index is 13.3. The number of nitrogens with zero attached hydrogens (tertiary/aromatic N) is 1. The first kappa shape index (κ1) is 20.1. The Labute approximate surface area is 176 Å². The van der Waals surface area contributed by atoms with E-state index in [9.17, 15) is 13.2 Å². The van der Waals surface area contributed by atoms with Gasteiger partial charge in [0.05, 0.1) is 29.4 Å². The number of carbonyl (C=O) groups is 1. The Hall–Kier alpha value is -3.16. The molecule has 4 rings (SSSR count). The summed E-state index contributed by atoms with van der Waals surface area (Å²) in [6.07, 6.45) is 0. The molecule has 1 N–H and O–H groups in total. The van der Waals surface area contributed by atoms with Crippen molar-refractivity contribution >= 4 is 21.6 Å². The Morgan fingerprint density at radius 3 is 2.23 bits per heavy atom. The zero-order valence-electron chi connectivity index (χ0n) is 16.3. The van der Waals surface area contributed by atoms with Crippen LogP contribution < -0.4 is 4.72 Å². The molecular formula is C23H22N2O4S. The monoisotopic (exact) mass is 422 g/mol. The predicted molar refractivity (Wildman–Crippen MR) is 116 cm³/mol. The van der Waals surface area contributed by atoms with Gasteiger partial charge in [-0.3, -0.25) is 9.52 Å². The average molecular weight is 423 g/mol. The summed E-state index contributed by atoms with van der Waals surface area (Å²) in [7, 11) is -3.92. The van der Waals surface area contributed by atoms with Crippen LogP contribution in [0.1, 0.15) is 10.4 Å². The maximum absolute atomic E-state index is 13.3. The molecule has 3 aromatic carbocycles. The highest BCUT2D eigenvalue weighted by Gasteiger charge is 2.24. The molecule has 0 saturated carbocycles. The Morgan fingerprint density at radius 1 is 0.833 bits per heavy atom. The van der Waals surface area contributed by atoms with E-state index < -0.39 is 10.0 Å². The lowest BCUT2D eigenvalue weighted by atomic mass is 10.1. The molecule has 3 aromatic rings. The van der Waals surface area contributed by atoms with Gasteiger partial charge in [0.25, 0.3) is 15.9 Å². The molecule has 30 heavy (non-hydrogen) atoms. The van der Waals surface area contributed by atoms with E-state index in [4.69, 9.17) is 4.74 Å². The van der Waals surface area contributed by atoms with E-state index in [2.05, 4.69) is 4.72 Å². The van der Waals surface area contributed by atoms with Crippen LogP contribution in [0.15, 0.2) is 83.8 Å². The number of benzene rings is 3. The summed E-state index contributed by atoms with van der Waals surface area (Å²) in [4.78, 5) is 14.8. The Morgan fingerprint density at radius 2 is 1.47 bits per heavy atom. The lowest BCUT2D eigenvalue weighted by Gasteiger charge is -2.27. The van der Waals surface area contributed by atoms with Crippen LogP contribution in [0.25, 0.3) is 11.1 Å². The molecule has 0 spiro atoms. The average Bonchev–Trinajstić information content (AvgIpc) is 2.80. The molecule has 0 radical (unpaired) electrons. The van der Waals surface area contributed by atoms with Gasteiger partial charge in [0, 0.05) is 18.7 Å². The summed E-state index contributed by atoms with van der Waals surface area (Å²) in [6, 6.07) is 22.8. The fourth-order valence-corrected chi connectivity index (χ4v) is 4.76. The zero-order valence-corrected chi connectivity index (χ0v) is 17.1. The van der Waals surface area contributed by atoms with Gasteiger partial charge >= 0.3 is 0 Å². The number of rotatable bonds is 5. The number of sulfonamides is 1. The van der Waals surface area contributed by atoms with Crippen molar-refractivity contribution in [3.8, 4) is 11.1 Å². The molecule has 1 heterocycles. The summed E-state index contributed by atoms with van der Waals surface area (Å²) in [5.74, 6) is -0.215. The maximum Gasteiger partial charge on any atom is 0.262 e. The van der Waals surface area contributed by atoms with Gasteiger partial charge in [-0.25, -0.2) is 8.42 Å². The minimum absolute atomic E-state index is 0.157. The van der Waals surface area contributed by atoms with Gasteiger partial charge in [-0.1, -0.05) is 60.7 Å². The van der Waals surface area contributed by atoms with Crippen LogP contribution in [0.3, 0.4) is 0 Å². The Bertz CT molecular complexity index is 1140. The van der Waals surface area contributed by atoms with E-state index in [0.717, 1.165) is 5.56 Å². The van der Waals surface area contributed by atoms with Crippen LogP contribution in [-0.4, -0.2) is 45.5 Å². The molecule has 0 unspecified atom stereocenters. The second-order valence-electron chi connectivity index (χ2n) is 6.92. The van der Waals surface area contributed by atoms with Crippen LogP contribution in [-0.2, 0) is 14.8 Å². The SMILES string of the molecule is O=C(c1ccccc1NS(=O)(=O)c1ccccc1-c1ccccc1)N1CCOCC1. The van der Waals surface area contributed by atoms with Crippen molar-refractivity contribution in [2.45, 2.75) is 4.90 Å². The number of anilines is 1. The molecule has 0 aromatic heterocycles. The minimum atomic E-state index is -3.92. The fourth-order valence-electron chi connectivity index (χ4n) is 3.45. The smallest absolute Gasteiger partial charge is 0.262 e. The van der Waals surface area contributed by atoms with E-state index in [1.807, 2.05) is 30.3 Å². The third kappa shape index (κ3) is 4.22. The van der Waals surface area contributed by atoms with Crippen molar-refractivity contribution < 1.29 is 17.9 Å². The van der Waals surface area contributed by atoms with E-state index in [-0.39, 0.29) is 16.5 Å². The first-order valence-electron chi connectivity index (χ1n) is 9.69. The number of para-hydroxylation sites is 1. The van der Waals surface area contributed by atoms with E-state index >= 15 is 0 Å². The lowest BCUT2D eigenvalue weighted by Crippen LogP contribution is -2.41. The standard InChI is InChI=1S/C23H22N2O4S/c26-23(25-14-16-29-17-15-25)20-11-4-6-12-21(20)24-30(27,28)22-13-7-5-10-19(22)18-8-2-1-3-9-18/h1-13,24H,14-17H2. The molecular weight excluding hydrogens is 400 g/mol. The van der Waals surface area contributed by atoms with Gasteiger partial charge in [-0.15, -0.1) is 0 Å². The van der Waals surface area contributed by atoms with Crippen LogP contribution in [0.4, 0.5) is 5.69 Å². The van der Waals surface area contributed by atoms with Crippen molar-refractivity contribution in [1.29, 1.82) is 0 Å². The second kappa shape index (κ2) is 8.69. The predicted octanol–water partition coefficient (Wildman–Crippen LogP) is 3.63. The highest BCUT2D eigenvalue weighted by molar-refractivity contribution is 7.92. The van der Waals surface area contributed by atoms with Crippen LogP contribution in [0, 0.1) is 0 Å². The quantitative estimate of drug-likeness (QED) is 0.681. The molecule has 7 heteroatoms. The van der Waals surface area contributed by atoms with Crippen molar-refractivity contribution in [2.75, 3.05) is 31.0 Å². The molecule has 1 aliphatic heterocycles. The normalized spacial score (nSPS) is 14.3. The van der Waals surface area contributed by atoms with Crippen molar-refractivity contribution in [3.05, 3.63) is 84.4 Å². The highest BCUT2D eigenvalue weighted by Crippen LogP contribution is 2.29. The number of ether oxygens (including phenoxy) is 1. The van der Waals surface area contributed by atoms with Crippen molar-refractivity contribution in [1.82, 2.24) is 4.90 Å². The lowest BCUT2D eigenvalue weighted by molar-refractivity contribution is 0.0303. The van der Waals surface area contributed by atoms with Crippen molar-refractivity contribution in [2.24, 2.45) is 0 Å². The second-order valence-corrected chi connectivity index (χ2v) is 8.57. The fraction of sp³-hybridized carbons (Fsp3) is 0.174. The largest absolute Gasteiger partial charge is 0.378 e. The van der Waals surface area contributed by atoms with Crippen LogP contribution in [0.5, 0.6) is 0 Å². The van der Waals surface area contributed by atoms with Gasteiger partial charge in [-0.2, -0.15) is 0 Å². The molecule has 0 bridgehead atoms. The number of morpholine rings is 1. The van der Waals surface area contributed by atoms with Gasteiger partial charge in [0.2, 0.25) is 0 Å². The third-order valence-electron chi connectivity index (χ3n) is 4.96. The van der Waals surface area contributed by atoms with Gasteiger partial charge in [0.1, 0.15) is 0 Å². The summed E-state index contributed by atoms with van der Waals surface area (Å²) in [6.45, 7) is 1.92. The Balaban J connectivity index is 1.68. The van der Waals surface area contributed by atoms with Crippen molar-refractivity contribution in [3.63, 3.8) is 0 Å².